The van der Waals surface area contributed by atoms with E-state index in [4.69, 9.17) is 4.52 Å². The Morgan fingerprint density at radius 1 is 1.18 bits per heavy atom. The second-order valence-electron chi connectivity index (χ2n) is 6.78. The largest absolute Gasteiger partial charge is 0.337 e. The van der Waals surface area contributed by atoms with E-state index >= 15 is 0 Å². The van der Waals surface area contributed by atoms with Crippen molar-refractivity contribution in [2.24, 2.45) is 0 Å². The van der Waals surface area contributed by atoms with Gasteiger partial charge in [-0.2, -0.15) is 4.98 Å². The standard InChI is InChI=1S/C20H17BrN4O3/c1-12-6-3-4-9-15(12)20(2)18(26)25(19(27)23-20)11-16-22-17(24-28-16)13-7-5-8-14(21)10-13/h3-10H,11H2,1-2H3,(H,23,27). The van der Waals surface area contributed by atoms with Crippen molar-refractivity contribution < 1.29 is 14.1 Å². The summed E-state index contributed by atoms with van der Waals surface area (Å²) in [6.07, 6.45) is 0. The first-order chi connectivity index (χ1) is 13.4. The zero-order valence-electron chi connectivity index (χ0n) is 15.3. The predicted octanol–water partition coefficient (Wildman–Crippen LogP) is 3.77. The third kappa shape index (κ3) is 3.09. The number of imide groups is 1. The lowest BCUT2D eigenvalue weighted by Gasteiger charge is -2.23. The molecule has 3 amide bonds. The Kier molecular flexibility index (Phi) is 4.50. The predicted molar refractivity (Wildman–Crippen MR) is 105 cm³/mol. The summed E-state index contributed by atoms with van der Waals surface area (Å²) in [5.74, 6) is 0.228. The first-order valence-electron chi connectivity index (χ1n) is 8.67. The highest BCUT2D eigenvalue weighted by molar-refractivity contribution is 9.10. The summed E-state index contributed by atoms with van der Waals surface area (Å²) in [6, 6.07) is 14.5. The highest BCUT2D eigenvalue weighted by atomic mass is 79.9. The molecule has 7 nitrogen and oxygen atoms in total. The van der Waals surface area contributed by atoms with E-state index < -0.39 is 11.6 Å². The molecule has 1 aromatic heterocycles. The van der Waals surface area contributed by atoms with Crippen molar-refractivity contribution >= 4 is 27.9 Å². The molecule has 0 radical (unpaired) electrons. The maximum atomic E-state index is 13.1. The SMILES string of the molecule is Cc1ccccc1C1(C)NC(=O)N(Cc2nc(-c3cccc(Br)c3)no2)C1=O. The minimum absolute atomic E-state index is 0.0901. The Morgan fingerprint density at radius 2 is 1.96 bits per heavy atom. The zero-order chi connectivity index (χ0) is 19.9. The van der Waals surface area contributed by atoms with Crippen LogP contribution in [0.3, 0.4) is 0 Å². The number of amides is 3. The van der Waals surface area contributed by atoms with Crippen LogP contribution in [-0.4, -0.2) is 27.0 Å². The van der Waals surface area contributed by atoms with E-state index in [0.29, 0.717) is 5.82 Å². The Hall–Kier alpha value is -3.00. The van der Waals surface area contributed by atoms with Gasteiger partial charge in [-0.05, 0) is 37.1 Å². The Balaban J connectivity index is 1.59. The van der Waals surface area contributed by atoms with E-state index in [1.165, 1.54) is 0 Å². The van der Waals surface area contributed by atoms with Crippen LogP contribution in [0.4, 0.5) is 4.79 Å². The summed E-state index contributed by atoms with van der Waals surface area (Å²) < 4.78 is 6.15. The lowest BCUT2D eigenvalue weighted by atomic mass is 9.88. The molecule has 0 saturated carbocycles. The third-order valence-corrected chi connectivity index (χ3v) is 5.30. The molecule has 1 unspecified atom stereocenters. The van der Waals surface area contributed by atoms with Gasteiger partial charge in [-0.3, -0.25) is 9.69 Å². The number of hydrogen-bond donors (Lipinski definition) is 1. The van der Waals surface area contributed by atoms with Gasteiger partial charge in [-0.25, -0.2) is 4.79 Å². The fourth-order valence-corrected chi connectivity index (χ4v) is 3.76. The average Bonchev–Trinajstić information content (AvgIpc) is 3.22. The van der Waals surface area contributed by atoms with E-state index in [0.717, 1.165) is 26.1 Å². The second kappa shape index (κ2) is 6.87. The second-order valence-corrected chi connectivity index (χ2v) is 7.70. The number of benzene rings is 2. The third-order valence-electron chi connectivity index (χ3n) is 4.80. The number of nitrogens with one attached hydrogen (secondary N) is 1. The molecule has 2 aromatic carbocycles. The van der Waals surface area contributed by atoms with E-state index in [2.05, 4.69) is 31.4 Å². The van der Waals surface area contributed by atoms with E-state index in [1.54, 1.807) is 6.92 Å². The van der Waals surface area contributed by atoms with Crippen molar-refractivity contribution in [2.75, 3.05) is 0 Å². The minimum atomic E-state index is -1.13. The lowest BCUT2D eigenvalue weighted by Crippen LogP contribution is -2.41. The molecule has 0 aliphatic carbocycles. The van der Waals surface area contributed by atoms with Crippen molar-refractivity contribution in [3.8, 4) is 11.4 Å². The number of urea groups is 1. The number of hydrogen-bond acceptors (Lipinski definition) is 5. The first kappa shape index (κ1) is 18.4. The smallest absolute Gasteiger partial charge is 0.325 e. The maximum Gasteiger partial charge on any atom is 0.325 e. The number of aryl methyl sites for hydroxylation is 1. The van der Waals surface area contributed by atoms with Crippen LogP contribution >= 0.6 is 15.9 Å². The van der Waals surface area contributed by atoms with Crippen LogP contribution in [0.1, 0.15) is 23.9 Å². The molecule has 0 bridgehead atoms. The van der Waals surface area contributed by atoms with Gasteiger partial charge in [0, 0.05) is 10.0 Å². The van der Waals surface area contributed by atoms with Crippen LogP contribution < -0.4 is 5.32 Å². The highest BCUT2D eigenvalue weighted by Crippen LogP contribution is 2.31. The van der Waals surface area contributed by atoms with Crippen molar-refractivity contribution in [2.45, 2.75) is 25.9 Å². The van der Waals surface area contributed by atoms with Crippen molar-refractivity contribution in [3.63, 3.8) is 0 Å². The molecule has 1 atom stereocenters. The molecule has 0 spiro atoms. The number of nitrogens with zero attached hydrogens (tertiary/aromatic N) is 3. The highest BCUT2D eigenvalue weighted by Gasteiger charge is 2.49. The van der Waals surface area contributed by atoms with Crippen LogP contribution in [0.2, 0.25) is 0 Å². The molecule has 1 saturated heterocycles. The van der Waals surface area contributed by atoms with Gasteiger partial charge in [0.05, 0.1) is 0 Å². The molecular weight excluding hydrogens is 424 g/mol. The van der Waals surface area contributed by atoms with Crippen LogP contribution in [-0.2, 0) is 16.9 Å². The van der Waals surface area contributed by atoms with E-state index in [9.17, 15) is 9.59 Å². The fraction of sp³-hybridized carbons (Fsp3) is 0.200. The van der Waals surface area contributed by atoms with Gasteiger partial charge in [-0.1, -0.05) is 57.5 Å². The summed E-state index contributed by atoms with van der Waals surface area (Å²) in [4.78, 5) is 31.0. The molecule has 8 heteroatoms. The van der Waals surface area contributed by atoms with Crippen LogP contribution in [0.15, 0.2) is 57.5 Å². The molecule has 1 N–H and O–H groups in total. The number of halogens is 1. The molecule has 1 aliphatic rings. The first-order valence-corrected chi connectivity index (χ1v) is 9.46. The van der Waals surface area contributed by atoms with Crippen molar-refractivity contribution in [1.29, 1.82) is 0 Å². The maximum absolute atomic E-state index is 13.1. The van der Waals surface area contributed by atoms with Crippen LogP contribution in [0, 0.1) is 6.92 Å². The number of rotatable bonds is 4. The number of aromatic nitrogens is 2. The Morgan fingerprint density at radius 3 is 2.71 bits per heavy atom. The number of carbonyl (C=O) groups is 2. The van der Waals surface area contributed by atoms with E-state index in [-0.39, 0.29) is 18.3 Å². The van der Waals surface area contributed by atoms with Crippen LogP contribution in [0.5, 0.6) is 0 Å². The molecule has 142 valence electrons. The normalized spacial score (nSPS) is 19.2. The summed E-state index contributed by atoms with van der Waals surface area (Å²) in [5, 5.41) is 6.75. The van der Waals surface area contributed by atoms with Gasteiger partial charge in [0.1, 0.15) is 12.1 Å². The fourth-order valence-electron chi connectivity index (χ4n) is 3.36. The monoisotopic (exact) mass is 440 g/mol. The zero-order valence-corrected chi connectivity index (χ0v) is 16.9. The van der Waals surface area contributed by atoms with Gasteiger partial charge in [0.2, 0.25) is 11.7 Å². The molecule has 28 heavy (non-hydrogen) atoms. The van der Waals surface area contributed by atoms with Gasteiger partial charge < -0.3 is 9.84 Å². The van der Waals surface area contributed by atoms with E-state index in [1.807, 2.05) is 55.5 Å². The quantitative estimate of drug-likeness (QED) is 0.623. The summed E-state index contributed by atoms with van der Waals surface area (Å²) >= 11 is 3.40. The van der Waals surface area contributed by atoms with Gasteiger partial charge in [-0.15, -0.1) is 0 Å². The lowest BCUT2D eigenvalue weighted by molar-refractivity contribution is -0.131. The minimum Gasteiger partial charge on any atom is -0.337 e. The Bertz CT molecular complexity index is 1080. The van der Waals surface area contributed by atoms with Crippen molar-refractivity contribution in [1.82, 2.24) is 20.4 Å². The van der Waals surface area contributed by atoms with Gasteiger partial charge in [0.15, 0.2) is 0 Å². The van der Waals surface area contributed by atoms with Crippen LogP contribution in [0.25, 0.3) is 11.4 Å². The molecule has 1 fully saturated rings. The molecule has 1 aliphatic heterocycles. The van der Waals surface area contributed by atoms with Gasteiger partial charge >= 0.3 is 6.03 Å². The molecule has 4 rings (SSSR count). The summed E-state index contributed by atoms with van der Waals surface area (Å²) in [6.45, 7) is 3.52. The number of carbonyl (C=O) groups excluding carboxylic acids is 2. The molecule has 2 heterocycles. The average molecular weight is 441 g/mol. The summed E-state index contributed by atoms with van der Waals surface area (Å²) in [5.41, 5.74) is 1.33. The topological polar surface area (TPSA) is 88.3 Å². The summed E-state index contributed by atoms with van der Waals surface area (Å²) in [7, 11) is 0. The molecular formula is C20H17BrN4O3. The van der Waals surface area contributed by atoms with Crippen molar-refractivity contribution in [3.05, 3.63) is 70.0 Å². The molecule has 3 aromatic rings. The van der Waals surface area contributed by atoms with Gasteiger partial charge in [0.25, 0.3) is 5.91 Å². The Labute approximate surface area is 169 Å².